The molecule has 1 atom stereocenters. The van der Waals surface area contributed by atoms with E-state index < -0.39 is 13.2 Å². The predicted octanol–water partition coefficient (Wildman–Crippen LogP) is 5.09. The molecule has 0 heterocycles. The van der Waals surface area contributed by atoms with Crippen molar-refractivity contribution in [1.29, 1.82) is 0 Å². The fraction of sp³-hybridized carbons (Fsp3) is 0.100. The Labute approximate surface area is 157 Å². The van der Waals surface area contributed by atoms with Crippen molar-refractivity contribution >= 4 is 20.0 Å². The number of thioether (sulfide) groups is 1. The molecule has 0 radical (unpaired) electrons. The Morgan fingerprint density at radius 1 is 0.846 bits per heavy atom. The Morgan fingerprint density at radius 3 is 1.77 bits per heavy atom. The maximum atomic E-state index is 11.8. The van der Waals surface area contributed by atoms with Gasteiger partial charge in [0.2, 0.25) is 0 Å². The van der Waals surface area contributed by atoms with Gasteiger partial charge < -0.3 is 9.63 Å². The molecule has 0 bridgehead atoms. The van der Waals surface area contributed by atoms with Gasteiger partial charge in [0.05, 0.1) is 7.11 Å². The number of rotatable bonds is 7. The van der Waals surface area contributed by atoms with Gasteiger partial charge in [-0.2, -0.15) is 0 Å². The Morgan fingerprint density at radius 2 is 1.35 bits per heavy atom. The lowest BCUT2D eigenvalue weighted by Crippen LogP contribution is -2.25. The first-order valence-corrected chi connectivity index (χ1v) is 10.1. The summed E-state index contributed by atoms with van der Waals surface area (Å²) in [5, 5.41) is 0. The summed E-state index contributed by atoms with van der Waals surface area (Å²) in [5.41, 5.74) is 1.58. The van der Waals surface area contributed by atoms with Gasteiger partial charge in [0.1, 0.15) is 5.75 Å². The van der Waals surface area contributed by atoms with Crippen LogP contribution in [0.3, 0.4) is 0 Å². The zero-order valence-electron chi connectivity index (χ0n) is 14.2. The number of hydrogen-bond acceptors (Lipinski definition) is 4. The van der Waals surface area contributed by atoms with Crippen LogP contribution in [0.15, 0.2) is 89.8 Å². The molecule has 0 saturated carbocycles. The van der Waals surface area contributed by atoms with Crippen LogP contribution in [0.1, 0.15) is 11.1 Å². The molecule has 0 fully saturated rings. The molecule has 0 amide bonds. The van der Waals surface area contributed by atoms with Gasteiger partial charge in [0.15, 0.2) is 4.93 Å². The molecule has 26 heavy (non-hydrogen) atoms. The van der Waals surface area contributed by atoms with E-state index in [0.717, 1.165) is 21.8 Å². The van der Waals surface area contributed by atoms with Gasteiger partial charge >= 0.3 is 8.25 Å². The van der Waals surface area contributed by atoms with Gasteiger partial charge in [-0.15, -0.1) is 0 Å². The molecule has 4 nitrogen and oxygen atoms in total. The third kappa shape index (κ3) is 4.19. The molecule has 3 aromatic rings. The van der Waals surface area contributed by atoms with Crippen molar-refractivity contribution < 1.29 is 18.7 Å². The SMILES string of the molecule is COc1ccc(SC(O[PH](=O)O)(c2ccccc2)c2ccccc2)cc1. The maximum absolute atomic E-state index is 11.8. The second-order valence-corrected chi connectivity index (χ2v) is 7.48. The van der Waals surface area contributed by atoms with Crippen LogP contribution in [0.25, 0.3) is 0 Å². The Hall–Kier alpha value is -2.04. The van der Waals surface area contributed by atoms with Gasteiger partial charge in [-0.3, -0.25) is 9.09 Å². The van der Waals surface area contributed by atoms with Crippen molar-refractivity contribution in [1.82, 2.24) is 0 Å². The molecular formula is C20H19O4PS. The van der Waals surface area contributed by atoms with Crippen molar-refractivity contribution in [3.63, 3.8) is 0 Å². The number of benzene rings is 3. The van der Waals surface area contributed by atoms with Crippen molar-refractivity contribution in [2.75, 3.05) is 7.11 Å². The minimum Gasteiger partial charge on any atom is -0.497 e. The molecule has 0 aromatic heterocycles. The molecule has 3 aromatic carbocycles. The summed E-state index contributed by atoms with van der Waals surface area (Å²) >= 11 is 1.38. The molecule has 0 aliphatic carbocycles. The van der Waals surface area contributed by atoms with Crippen LogP contribution < -0.4 is 4.74 Å². The summed E-state index contributed by atoms with van der Waals surface area (Å²) in [6.07, 6.45) is 0. The van der Waals surface area contributed by atoms with Crippen LogP contribution in [-0.4, -0.2) is 12.0 Å². The highest BCUT2D eigenvalue weighted by Crippen LogP contribution is 2.51. The lowest BCUT2D eigenvalue weighted by molar-refractivity contribution is 0.194. The molecule has 0 saturated heterocycles. The molecule has 0 aliphatic heterocycles. The standard InChI is InChI=1S/C20H19O4PS/c1-23-18-12-14-19(15-13-18)26-20(24-25(21)22,16-8-4-2-5-9-16)17-10-6-3-7-11-17/h2-15,25H,1H3,(H,21,22). The molecule has 6 heteroatoms. The summed E-state index contributed by atoms with van der Waals surface area (Å²) in [4.78, 5) is 9.42. The highest BCUT2D eigenvalue weighted by molar-refractivity contribution is 8.00. The van der Waals surface area contributed by atoms with Crippen molar-refractivity contribution in [3.05, 3.63) is 96.1 Å². The quantitative estimate of drug-likeness (QED) is 0.348. The third-order valence-corrected chi connectivity index (χ3v) is 5.84. The minimum absolute atomic E-state index is 0.746. The second kappa shape index (κ2) is 8.56. The van der Waals surface area contributed by atoms with E-state index in [2.05, 4.69) is 0 Å². The van der Waals surface area contributed by atoms with Crippen molar-refractivity contribution in [2.24, 2.45) is 0 Å². The highest BCUT2D eigenvalue weighted by atomic mass is 32.2. The Bertz CT molecular complexity index is 814. The van der Waals surface area contributed by atoms with E-state index in [1.807, 2.05) is 84.9 Å². The average molecular weight is 386 g/mol. The maximum Gasteiger partial charge on any atom is 0.318 e. The van der Waals surface area contributed by atoms with Crippen LogP contribution >= 0.6 is 20.0 Å². The average Bonchev–Trinajstić information content (AvgIpc) is 2.69. The Balaban J connectivity index is 2.13. The largest absolute Gasteiger partial charge is 0.497 e. The lowest BCUT2D eigenvalue weighted by atomic mass is 10.0. The second-order valence-electron chi connectivity index (χ2n) is 5.49. The van der Waals surface area contributed by atoms with Gasteiger partial charge in [-0.1, -0.05) is 72.4 Å². The van der Waals surface area contributed by atoms with Crippen LogP contribution in [0.2, 0.25) is 0 Å². The fourth-order valence-corrected chi connectivity index (χ4v) is 4.65. The number of hydrogen-bond donors (Lipinski definition) is 1. The number of methoxy groups -OCH3 is 1. The van der Waals surface area contributed by atoms with Crippen LogP contribution in [0.4, 0.5) is 0 Å². The summed E-state index contributed by atoms with van der Waals surface area (Å²) in [7, 11) is -1.60. The van der Waals surface area contributed by atoms with Crippen molar-refractivity contribution in [3.8, 4) is 5.75 Å². The van der Waals surface area contributed by atoms with E-state index in [0.29, 0.717) is 0 Å². The van der Waals surface area contributed by atoms with Gasteiger partial charge in [-0.05, 0) is 35.4 Å². The fourth-order valence-electron chi connectivity index (χ4n) is 2.67. The summed E-state index contributed by atoms with van der Waals surface area (Å²) < 4.78 is 22.7. The first kappa shape index (κ1) is 18.7. The Kier molecular flexibility index (Phi) is 6.17. The minimum atomic E-state index is -3.21. The van der Waals surface area contributed by atoms with Gasteiger partial charge in [-0.25, -0.2) is 0 Å². The van der Waals surface area contributed by atoms with E-state index >= 15 is 0 Å². The predicted molar refractivity (Wildman–Crippen MR) is 105 cm³/mol. The van der Waals surface area contributed by atoms with E-state index in [1.165, 1.54) is 11.8 Å². The topological polar surface area (TPSA) is 55.8 Å². The lowest BCUT2D eigenvalue weighted by Gasteiger charge is -2.33. The summed E-state index contributed by atoms with van der Waals surface area (Å²) in [6.45, 7) is 0. The first-order valence-electron chi connectivity index (χ1n) is 8.00. The van der Waals surface area contributed by atoms with Crippen molar-refractivity contribution in [2.45, 2.75) is 9.83 Å². The highest BCUT2D eigenvalue weighted by Gasteiger charge is 2.38. The van der Waals surface area contributed by atoms with E-state index in [4.69, 9.17) is 9.26 Å². The first-order chi connectivity index (χ1) is 12.6. The third-order valence-electron chi connectivity index (χ3n) is 3.86. The molecule has 0 aliphatic rings. The molecule has 1 unspecified atom stereocenters. The normalized spacial score (nSPS) is 12.5. The zero-order valence-corrected chi connectivity index (χ0v) is 16.0. The summed E-state index contributed by atoms with van der Waals surface area (Å²) in [6, 6.07) is 26.5. The molecule has 1 N–H and O–H groups in total. The zero-order chi connectivity index (χ0) is 18.4. The molecule has 3 rings (SSSR count). The van der Waals surface area contributed by atoms with Crippen LogP contribution in [0, 0.1) is 0 Å². The van der Waals surface area contributed by atoms with Gasteiger partial charge in [0, 0.05) is 4.90 Å². The summed E-state index contributed by atoms with van der Waals surface area (Å²) in [5.74, 6) is 0.746. The smallest absolute Gasteiger partial charge is 0.318 e. The molecular weight excluding hydrogens is 367 g/mol. The van der Waals surface area contributed by atoms with E-state index in [1.54, 1.807) is 7.11 Å². The molecule has 0 spiro atoms. The van der Waals surface area contributed by atoms with Crippen LogP contribution in [-0.2, 0) is 14.0 Å². The van der Waals surface area contributed by atoms with Crippen LogP contribution in [0.5, 0.6) is 5.75 Å². The monoisotopic (exact) mass is 386 g/mol. The number of ether oxygens (including phenoxy) is 1. The van der Waals surface area contributed by atoms with E-state index in [9.17, 15) is 9.46 Å². The molecule has 134 valence electrons. The van der Waals surface area contributed by atoms with E-state index in [-0.39, 0.29) is 0 Å². The van der Waals surface area contributed by atoms with Gasteiger partial charge in [0.25, 0.3) is 0 Å².